The average Bonchev–Trinajstić information content (AvgIpc) is 3.18. The summed E-state index contributed by atoms with van der Waals surface area (Å²) in [6, 6.07) is 13.9. The topological polar surface area (TPSA) is 60.9 Å². The van der Waals surface area contributed by atoms with Gasteiger partial charge in [0.1, 0.15) is 0 Å². The second kappa shape index (κ2) is 9.58. The van der Waals surface area contributed by atoms with E-state index in [1.165, 1.54) is 23.2 Å². The fraction of sp³-hybridized carbons (Fsp3) is 0.536. The van der Waals surface area contributed by atoms with Crippen molar-refractivity contribution in [3.8, 4) is 0 Å². The maximum Gasteiger partial charge on any atom is 0.254 e. The first-order valence-corrected chi connectivity index (χ1v) is 14.6. The van der Waals surface area contributed by atoms with Crippen molar-refractivity contribution in [1.29, 1.82) is 0 Å². The molecule has 0 spiro atoms. The minimum Gasteiger partial charge on any atom is -0.364 e. The molecule has 1 aliphatic carbocycles. The summed E-state index contributed by atoms with van der Waals surface area (Å²) in [5.74, 6) is 0.500. The molecule has 0 bridgehead atoms. The zero-order valence-corrected chi connectivity index (χ0v) is 21.9. The van der Waals surface area contributed by atoms with Crippen molar-refractivity contribution in [1.82, 2.24) is 9.21 Å². The fourth-order valence-electron chi connectivity index (χ4n) is 6.49. The van der Waals surface area contributed by atoms with Crippen molar-refractivity contribution in [2.75, 3.05) is 31.1 Å². The Hall–Kier alpha value is -2.38. The summed E-state index contributed by atoms with van der Waals surface area (Å²) < 4.78 is 27.8. The molecule has 0 aromatic heterocycles. The van der Waals surface area contributed by atoms with Crippen LogP contribution in [0.25, 0.3) is 0 Å². The lowest BCUT2D eigenvalue weighted by atomic mass is 9.77. The molecule has 0 unspecified atom stereocenters. The van der Waals surface area contributed by atoms with E-state index in [1.54, 1.807) is 28.6 Å². The van der Waals surface area contributed by atoms with Gasteiger partial charge in [0.2, 0.25) is 10.0 Å². The van der Waals surface area contributed by atoms with Crippen LogP contribution in [0.4, 0.5) is 5.69 Å². The van der Waals surface area contributed by atoms with Gasteiger partial charge in [-0.25, -0.2) is 8.42 Å². The number of hydrogen-bond donors (Lipinski definition) is 0. The highest BCUT2D eigenvalue weighted by Crippen LogP contribution is 2.50. The molecule has 0 radical (unpaired) electrons. The highest BCUT2D eigenvalue weighted by atomic mass is 32.2. The van der Waals surface area contributed by atoms with Gasteiger partial charge >= 0.3 is 0 Å². The Morgan fingerprint density at radius 3 is 2.40 bits per heavy atom. The number of amides is 1. The number of benzene rings is 2. The summed E-state index contributed by atoms with van der Waals surface area (Å²) in [6.07, 6.45) is 4.86. The first kappa shape index (κ1) is 24.3. The third-order valence-electron chi connectivity index (χ3n) is 8.00. The number of piperazine rings is 1. The second-order valence-electron chi connectivity index (χ2n) is 10.3. The number of carbonyl (C=O) groups is 1. The molecule has 6 nitrogen and oxygen atoms in total. The van der Waals surface area contributed by atoms with Crippen LogP contribution in [0, 0.1) is 6.92 Å². The maximum atomic E-state index is 13.7. The molecule has 0 N–H and O–H groups in total. The molecule has 1 saturated heterocycles. The standard InChI is InChI=1S/C28H37N3O3S/c1-4-15-29(16-5-2)35(33,34)22-12-10-21(11-13-22)28(32)31-18-17-30-25-14-9-20(3)19-24(25)23-7-6-8-26(31)27(23)30/h9-14,19,23,26-27H,4-8,15-18H2,1-3H3/t23-,26-,27+/m0/s1. The van der Waals surface area contributed by atoms with E-state index in [-0.39, 0.29) is 16.8 Å². The number of hydrogen-bond acceptors (Lipinski definition) is 4. The Kier molecular flexibility index (Phi) is 6.66. The van der Waals surface area contributed by atoms with Crippen LogP contribution in [-0.2, 0) is 10.0 Å². The summed E-state index contributed by atoms with van der Waals surface area (Å²) in [5, 5.41) is 0. The lowest BCUT2D eigenvalue weighted by Gasteiger charge is -2.49. The van der Waals surface area contributed by atoms with E-state index in [9.17, 15) is 13.2 Å². The molecule has 35 heavy (non-hydrogen) atoms. The Morgan fingerprint density at radius 2 is 1.71 bits per heavy atom. The number of aryl methyl sites for hydroxylation is 1. The van der Waals surface area contributed by atoms with Crippen LogP contribution in [-0.4, -0.2) is 61.8 Å². The molecule has 1 amide bonds. The number of rotatable bonds is 7. The minimum atomic E-state index is -3.55. The Bertz CT molecular complexity index is 1190. The smallest absolute Gasteiger partial charge is 0.254 e. The first-order valence-electron chi connectivity index (χ1n) is 13.1. The summed E-state index contributed by atoms with van der Waals surface area (Å²) in [5.41, 5.74) is 4.67. The quantitative estimate of drug-likeness (QED) is 0.554. The van der Waals surface area contributed by atoms with E-state index in [1.807, 2.05) is 13.8 Å². The fourth-order valence-corrected chi connectivity index (χ4v) is 8.12. The highest BCUT2D eigenvalue weighted by molar-refractivity contribution is 7.89. The molecule has 2 aliphatic heterocycles. The lowest BCUT2D eigenvalue weighted by Crippen LogP contribution is -2.62. The normalized spacial score (nSPS) is 23.4. The summed E-state index contributed by atoms with van der Waals surface area (Å²) >= 11 is 0. The Labute approximate surface area is 210 Å². The zero-order chi connectivity index (χ0) is 24.7. The van der Waals surface area contributed by atoms with Gasteiger partial charge in [0.05, 0.1) is 17.0 Å². The summed E-state index contributed by atoms with van der Waals surface area (Å²) in [6.45, 7) is 8.68. The van der Waals surface area contributed by atoms with Gasteiger partial charge in [-0.15, -0.1) is 0 Å². The molecule has 2 aromatic rings. The number of carbonyl (C=O) groups excluding carboxylic acids is 1. The summed E-state index contributed by atoms with van der Waals surface area (Å²) in [7, 11) is -3.55. The van der Waals surface area contributed by atoms with Crippen molar-refractivity contribution in [2.45, 2.75) is 75.8 Å². The predicted octanol–water partition coefficient (Wildman–Crippen LogP) is 4.79. The van der Waals surface area contributed by atoms with Crippen LogP contribution in [0.5, 0.6) is 0 Å². The van der Waals surface area contributed by atoms with Gasteiger partial charge in [-0.2, -0.15) is 4.31 Å². The zero-order valence-electron chi connectivity index (χ0n) is 21.1. The average molecular weight is 496 g/mol. The van der Waals surface area contributed by atoms with E-state index >= 15 is 0 Å². The Morgan fingerprint density at radius 1 is 1.00 bits per heavy atom. The molecule has 5 rings (SSSR count). The lowest BCUT2D eigenvalue weighted by molar-refractivity contribution is 0.0532. The molecular formula is C28H37N3O3S. The molecule has 2 aromatic carbocycles. The van der Waals surface area contributed by atoms with Crippen LogP contribution < -0.4 is 4.90 Å². The monoisotopic (exact) mass is 495 g/mol. The van der Waals surface area contributed by atoms with Gasteiger partial charge in [0.25, 0.3) is 5.91 Å². The first-order chi connectivity index (χ1) is 16.9. The van der Waals surface area contributed by atoms with Crippen molar-refractivity contribution in [3.05, 3.63) is 59.2 Å². The maximum absolute atomic E-state index is 13.7. The van der Waals surface area contributed by atoms with Crippen LogP contribution in [0.15, 0.2) is 47.4 Å². The molecule has 2 fully saturated rings. The van der Waals surface area contributed by atoms with Gasteiger partial charge in [-0.05, 0) is 68.5 Å². The molecule has 3 atom stereocenters. The highest BCUT2D eigenvalue weighted by Gasteiger charge is 2.50. The molecule has 1 saturated carbocycles. The van der Waals surface area contributed by atoms with Gasteiger partial charge in [0.15, 0.2) is 0 Å². The Balaban J connectivity index is 1.37. The molecule has 7 heteroatoms. The van der Waals surface area contributed by atoms with Gasteiger partial charge in [0, 0.05) is 43.3 Å². The van der Waals surface area contributed by atoms with Crippen LogP contribution in [0.3, 0.4) is 0 Å². The predicted molar refractivity (Wildman–Crippen MR) is 140 cm³/mol. The van der Waals surface area contributed by atoms with E-state index < -0.39 is 10.0 Å². The second-order valence-corrected chi connectivity index (χ2v) is 12.2. The van der Waals surface area contributed by atoms with E-state index in [0.717, 1.165) is 32.2 Å². The number of sulfonamides is 1. The molecule has 2 heterocycles. The number of anilines is 1. The third kappa shape index (κ3) is 4.16. The van der Waals surface area contributed by atoms with Crippen molar-refractivity contribution < 1.29 is 13.2 Å². The van der Waals surface area contributed by atoms with Gasteiger partial charge in [-0.1, -0.05) is 38.0 Å². The number of nitrogens with zero attached hydrogens (tertiary/aromatic N) is 3. The van der Waals surface area contributed by atoms with Crippen molar-refractivity contribution in [3.63, 3.8) is 0 Å². The molecular weight excluding hydrogens is 458 g/mol. The molecule has 3 aliphatic rings. The van der Waals surface area contributed by atoms with Crippen molar-refractivity contribution >= 4 is 21.6 Å². The third-order valence-corrected chi connectivity index (χ3v) is 9.91. The van der Waals surface area contributed by atoms with Crippen molar-refractivity contribution in [2.24, 2.45) is 0 Å². The molecule has 188 valence electrons. The minimum absolute atomic E-state index is 0.0188. The van der Waals surface area contributed by atoms with E-state index in [4.69, 9.17) is 0 Å². The van der Waals surface area contributed by atoms with Gasteiger partial charge in [-0.3, -0.25) is 4.79 Å². The van der Waals surface area contributed by atoms with E-state index in [0.29, 0.717) is 37.2 Å². The van der Waals surface area contributed by atoms with Gasteiger partial charge < -0.3 is 9.80 Å². The SMILES string of the molecule is CCCN(CCC)S(=O)(=O)c1ccc(C(=O)N2CCN3c4ccc(C)cc4[C@@H]4CCC[C@H]2[C@@H]43)cc1. The van der Waals surface area contributed by atoms with Crippen LogP contribution in [0.2, 0.25) is 0 Å². The number of fused-ring (bicyclic) bond motifs is 3. The van der Waals surface area contributed by atoms with E-state index in [2.05, 4.69) is 34.9 Å². The van der Waals surface area contributed by atoms with Crippen LogP contribution >= 0.6 is 0 Å². The largest absolute Gasteiger partial charge is 0.364 e. The summed E-state index contributed by atoms with van der Waals surface area (Å²) in [4.78, 5) is 18.5. The van der Waals surface area contributed by atoms with Crippen LogP contribution in [0.1, 0.15) is 73.4 Å².